The van der Waals surface area contributed by atoms with Gasteiger partial charge in [0.25, 0.3) is 15.9 Å². The molecule has 0 atom stereocenters. The van der Waals surface area contributed by atoms with Gasteiger partial charge in [-0.2, -0.15) is 9.40 Å². The zero-order valence-corrected chi connectivity index (χ0v) is 20.0. The summed E-state index contributed by atoms with van der Waals surface area (Å²) < 4.78 is 36.2. The molecule has 1 saturated heterocycles. The Balaban J connectivity index is 1.52. The van der Waals surface area contributed by atoms with Gasteiger partial charge in [0.05, 0.1) is 12.8 Å². The predicted octanol–water partition coefficient (Wildman–Crippen LogP) is 1.67. The van der Waals surface area contributed by atoms with E-state index >= 15 is 0 Å². The van der Waals surface area contributed by atoms with E-state index < -0.39 is 10.0 Å². The van der Waals surface area contributed by atoms with Crippen molar-refractivity contribution in [3.05, 3.63) is 48.0 Å². The number of nitrogens with zero attached hydrogens (tertiary/aromatic N) is 6. The highest BCUT2D eigenvalue weighted by atomic mass is 32.2. The Morgan fingerprint density at radius 1 is 1.09 bits per heavy atom. The zero-order valence-electron chi connectivity index (χ0n) is 19.2. The lowest BCUT2D eigenvalue weighted by molar-refractivity contribution is 0.0753. The van der Waals surface area contributed by atoms with Crippen molar-refractivity contribution < 1.29 is 17.9 Å². The first-order chi connectivity index (χ1) is 15.7. The maximum Gasteiger partial charge on any atom is 0.272 e. The summed E-state index contributed by atoms with van der Waals surface area (Å²) in [7, 11) is 1.37. The third kappa shape index (κ3) is 4.38. The van der Waals surface area contributed by atoms with Gasteiger partial charge < -0.3 is 14.2 Å². The van der Waals surface area contributed by atoms with Gasteiger partial charge in [-0.05, 0) is 31.5 Å². The van der Waals surface area contributed by atoms with E-state index in [-0.39, 0.29) is 17.5 Å². The normalized spacial score (nSPS) is 15.5. The first kappa shape index (κ1) is 23.0. The number of hydrogen-bond donors (Lipinski definition) is 0. The average Bonchev–Trinajstić information content (AvgIpc) is 3.24. The van der Waals surface area contributed by atoms with E-state index in [1.807, 2.05) is 24.3 Å². The molecule has 1 aliphatic rings. The summed E-state index contributed by atoms with van der Waals surface area (Å²) in [5.74, 6) is 1.12. The molecule has 0 saturated carbocycles. The second-order valence-electron chi connectivity index (χ2n) is 8.03. The minimum Gasteiger partial charge on any atom is -0.496 e. The van der Waals surface area contributed by atoms with E-state index in [0.717, 1.165) is 5.56 Å². The lowest BCUT2D eigenvalue weighted by Crippen LogP contribution is -2.38. The fourth-order valence-electron chi connectivity index (χ4n) is 3.94. The Kier molecular flexibility index (Phi) is 6.26. The second-order valence-corrected chi connectivity index (χ2v) is 9.91. The Morgan fingerprint density at radius 2 is 1.85 bits per heavy atom. The van der Waals surface area contributed by atoms with Gasteiger partial charge in [-0.25, -0.2) is 13.4 Å². The standard InChI is InChI=1S/C22H28N6O4S/c1-16-23-21(15-25(16)2)33(30,31)28-11-7-10-27(12-13-28)22(29)19-14-18(24-26(19)3)17-8-5-6-9-20(17)32-4/h5-6,8-9,14-15H,7,10-13H2,1-4H3. The molecule has 1 fully saturated rings. The number of aromatic nitrogens is 4. The number of rotatable bonds is 5. The summed E-state index contributed by atoms with van der Waals surface area (Å²) in [5, 5.41) is 4.54. The van der Waals surface area contributed by atoms with Crippen molar-refractivity contribution in [3.63, 3.8) is 0 Å². The van der Waals surface area contributed by atoms with Crippen LogP contribution in [-0.2, 0) is 24.1 Å². The lowest BCUT2D eigenvalue weighted by atomic mass is 10.1. The van der Waals surface area contributed by atoms with Gasteiger partial charge >= 0.3 is 0 Å². The molecule has 3 aromatic rings. The molecule has 33 heavy (non-hydrogen) atoms. The number of hydrogen-bond acceptors (Lipinski definition) is 6. The van der Waals surface area contributed by atoms with Crippen LogP contribution in [-0.4, -0.2) is 76.2 Å². The largest absolute Gasteiger partial charge is 0.496 e. The van der Waals surface area contributed by atoms with Crippen molar-refractivity contribution in [2.24, 2.45) is 14.1 Å². The number of amides is 1. The Labute approximate surface area is 193 Å². The Hall–Kier alpha value is -3.18. The SMILES string of the molecule is COc1ccccc1-c1cc(C(=O)N2CCCN(S(=O)(=O)c3cn(C)c(C)n3)CC2)n(C)n1. The van der Waals surface area contributed by atoms with E-state index in [2.05, 4.69) is 10.1 Å². The Bertz CT molecular complexity index is 1260. The monoisotopic (exact) mass is 472 g/mol. The number of para-hydroxylation sites is 1. The minimum atomic E-state index is -3.72. The van der Waals surface area contributed by atoms with Crippen LogP contribution in [0, 0.1) is 6.92 Å². The average molecular weight is 473 g/mol. The molecule has 11 heteroatoms. The summed E-state index contributed by atoms with van der Waals surface area (Å²) in [6.07, 6.45) is 2.06. The van der Waals surface area contributed by atoms with E-state index in [0.29, 0.717) is 49.0 Å². The number of ether oxygens (including phenoxy) is 1. The van der Waals surface area contributed by atoms with Crippen molar-refractivity contribution in [1.82, 2.24) is 28.5 Å². The van der Waals surface area contributed by atoms with Crippen molar-refractivity contribution in [3.8, 4) is 17.0 Å². The quantitative estimate of drug-likeness (QED) is 0.560. The number of aryl methyl sites for hydroxylation is 3. The van der Waals surface area contributed by atoms with E-state index in [1.165, 1.54) is 10.5 Å². The van der Waals surface area contributed by atoms with E-state index in [4.69, 9.17) is 4.74 Å². The van der Waals surface area contributed by atoms with Crippen LogP contribution in [0.25, 0.3) is 11.3 Å². The zero-order chi connectivity index (χ0) is 23.8. The smallest absolute Gasteiger partial charge is 0.272 e. The van der Waals surface area contributed by atoms with Crippen LogP contribution >= 0.6 is 0 Å². The highest BCUT2D eigenvalue weighted by Gasteiger charge is 2.31. The topological polar surface area (TPSA) is 103 Å². The van der Waals surface area contributed by atoms with Crippen molar-refractivity contribution >= 4 is 15.9 Å². The van der Waals surface area contributed by atoms with Gasteiger partial charge in [0.2, 0.25) is 0 Å². The number of carbonyl (C=O) groups is 1. The first-order valence-corrected chi connectivity index (χ1v) is 12.1. The van der Waals surface area contributed by atoms with Gasteiger partial charge in [0, 0.05) is 52.0 Å². The third-order valence-corrected chi connectivity index (χ3v) is 7.68. The fourth-order valence-corrected chi connectivity index (χ4v) is 5.43. The van der Waals surface area contributed by atoms with Crippen LogP contribution < -0.4 is 4.74 Å². The molecule has 0 bridgehead atoms. The molecule has 2 aromatic heterocycles. The number of carbonyl (C=O) groups excluding carboxylic acids is 1. The van der Waals surface area contributed by atoms with Gasteiger partial charge in [-0.1, -0.05) is 12.1 Å². The molecule has 0 spiro atoms. The van der Waals surface area contributed by atoms with Gasteiger partial charge in [-0.15, -0.1) is 0 Å². The summed E-state index contributed by atoms with van der Waals surface area (Å²) in [6.45, 7) is 3.05. The molecule has 1 aliphatic heterocycles. The molecular formula is C22H28N6O4S. The second kappa shape index (κ2) is 8.99. The van der Waals surface area contributed by atoms with Crippen LogP contribution in [0.1, 0.15) is 22.7 Å². The first-order valence-electron chi connectivity index (χ1n) is 10.7. The third-order valence-electron chi connectivity index (χ3n) is 5.91. The summed E-state index contributed by atoms with van der Waals surface area (Å²) in [4.78, 5) is 19.2. The van der Waals surface area contributed by atoms with Crippen molar-refractivity contribution in [2.75, 3.05) is 33.3 Å². The molecule has 176 valence electrons. The molecule has 0 aliphatic carbocycles. The summed E-state index contributed by atoms with van der Waals surface area (Å²) in [6, 6.07) is 9.25. The maximum absolute atomic E-state index is 13.3. The number of imidazole rings is 1. The summed E-state index contributed by atoms with van der Waals surface area (Å²) >= 11 is 0. The molecule has 0 N–H and O–H groups in total. The van der Waals surface area contributed by atoms with Gasteiger partial charge in [0.1, 0.15) is 17.3 Å². The van der Waals surface area contributed by atoms with Crippen LogP contribution in [0.4, 0.5) is 0 Å². The molecule has 3 heterocycles. The van der Waals surface area contributed by atoms with Gasteiger partial charge in [-0.3, -0.25) is 9.48 Å². The van der Waals surface area contributed by atoms with E-state index in [9.17, 15) is 13.2 Å². The van der Waals surface area contributed by atoms with Gasteiger partial charge in [0.15, 0.2) is 5.03 Å². The molecule has 10 nitrogen and oxygen atoms in total. The Morgan fingerprint density at radius 3 is 2.55 bits per heavy atom. The number of benzene rings is 1. The van der Waals surface area contributed by atoms with Crippen LogP contribution in [0.15, 0.2) is 41.6 Å². The maximum atomic E-state index is 13.3. The molecule has 0 unspecified atom stereocenters. The molecule has 1 aromatic carbocycles. The van der Waals surface area contributed by atoms with Crippen LogP contribution in [0.3, 0.4) is 0 Å². The van der Waals surface area contributed by atoms with Crippen LogP contribution in [0.2, 0.25) is 0 Å². The van der Waals surface area contributed by atoms with Crippen molar-refractivity contribution in [1.29, 1.82) is 0 Å². The lowest BCUT2D eigenvalue weighted by Gasteiger charge is -2.21. The highest BCUT2D eigenvalue weighted by molar-refractivity contribution is 7.89. The van der Waals surface area contributed by atoms with E-state index in [1.54, 1.807) is 48.3 Å². The molecule has 4 rings (SSSR count). The number of sulfonamides is 1. The van der Waals surface area contributed by atoms with Crippen LogP contribution in [0.5, 0.6) is 5.75 Å². The molecule has 1 amide bonds. The molecule has 0 radical (unpaired) electrons. The predicted molar refractivity (Wildman–Crippen MR) is 122 cm³/mol. The fraction of sp³-hybridized carbons (Fsp3) is 0.409. The van der Waals surface area contributed by atoms with Crippen molar-refractivity contribution in [2.45, 2.75) is 18.4 Å². The number of methoxy groups -OCH3 is 1. The molecular weight excluding hydrogens is 444 g/mol. The summed E-state index contributed by atoms with van der Waals surface area (Å²) in [5.41, 5.74) is 1.88. The highest BCUT2D eigenvalue weighted by Crippen LogP contribution is 2.29. The minimum absolute atomic E-state index is 0.0374.